The lowest BCUT2D eigenvalue weighted by atomic mass is 10.1. The van der Waals surface area contributed by atoms with Crippen LogP contribution < -0.4 is 11.1 Å². The van der Waals surface area contributed by atoms with E-state index in [0.29, 0.717) is 32.9 Å². The van der Waals surface area contributed by atoms with Crippen molar-refractivity contribution in [3.8, 4) is 11.4 Å². The fourth-order valence-corrected chi connectivity index (χ4v) is 4.99. The van der Waals surface area contributed by atoms with Gasteiger partial charge in [-0.15, -0.1) is 5.10 Å². The van der Waals surface area contributed by atoms with Crippen LogP contribution in [0, 0.1) is 0 Å². The number of amides is 2. The summed E-state index contributed by atoms with van der Waals surface area (Å²) in [6, 6.07) is 4.63. The van der Waals surface area contributed by atoms with Gasteiger partial charge in [0.2, 0.25) is 5.91 Å². The minimum absolute atomic E-state index is 0.0263. The number of carboxylic acid groups (broad SMARTS) is 1. The molecule has 1 fully saturated rings. The van der Waals surface area contributed by atoms with Gasteiger partial charge in [0.05, 0.1) is 28.5 Å². The third-order valence-electron chi connectivity index (χ3n) is 5.79. The van der Waals surface area contributed by atoms with E-state index in [0.717, 1.165) is 11.0 Å². The summed E-state index contributed by atoms with van der Waals surface area (Å²) in [4.78, 5) is 34.9. The van der Waals surface area contributed by atoms with Crippen LogP contribution in [0.3, 0.4) is 0 Å². The van der Waals surface area contributed by atoms with E-state index in [4.69, 9.17) is 17.3 Å². The van der Waals surface area contributed by atoms with Crippen molar-refractivity contribution in [1.29, 1.82) is 0 Å². The molecule has 2 unspecified atom stereocenters. The number of nitrogen functional groups attached to an aromatic ring is 1. The average Bonchev–Trinajstić information content (AvgIpc) is 3.56. The average molecular weight is 553 g/mol. The molecule has 11 nitrogen and oxygen atoms in total. The maximum Gasteiger partial charge on any atom is 0.417 e. The van der Waals surface area contributed by atoms with Crippen LogP contribution in [0.1, 0.15) is 18.0 Å². The minimum Gasteiger partial charge on any atom is -0.465 e. The zero-order valence-corrected chi connectivity index (χ0v) is 20.0. The number of pyridine rings is 1. The molecule has 0 spiro atoms. The molecule has 5 rings (SSSR count). The van der Waals surface area contributed by atoms with Crippen LogP contribution in [-0.4, -0.2) is 59.6 Å². The van der Waals surface area contributed by atoms with Gasteiger partial charge in [-0.1, -0.05) is 28.2 Å². The number of anilines is 2. The highest BCUT2D eigenvalue weighted by atomic mass is 35.5. The summed E-state index contributed by atoms with van der Waals surface area (Å²) in [5, 5.41) is 20.0. The molecule has 0 bridgehead atoms. The van der Waals surface area contributed by atoms with Crippen LogP contribution in [0.2, 0.25) is 5.02 Å². The van der Waals surface area contributed by atoms with E-state index in [1.807, 2.05) is 0 Å². The fraction of sp³-hybridized carbons (Fsp3) is 0.238. The number of nitrogens with one attached hydrogen (secondary N) is 1. The van der Waals surface area contributed by atoms with Crippen molar-refractivity contribution in [3.05, 3.63) is 47.1 Å². The van der Waals surface area contributed by atoms with E-state index in [1.54, 1.807) is 18.3 Å². The van der Waals surface area contributed by atoms with Crippen molar-refractivity contribution in [2.24, 2.45) is 0 Å². The highest BCUT2D eigenvalue weighted by molar-refractivity contribution is 7.21. The second-order valence-electron chi connectivity index (χ2n) is 8.18. The van der Waals surface area contributed by atoms with Crippen molar-refractivity contribution in [1.82, 2.24) is 29.9 Å². The smallest absolute Gasteiger partial charge is 0.417 e. The Bertz CT molecular complexity index is 1520. The number of alkyl halides is 3. The number of fused-ring (bicyclic) bond motifs is 1. The molecule has 2 amide bonds. The molecule has 192 valence electrons. The first-order valence-electron chi connectivity index (χ1n) is 10.6. The number of carbonyl (C=O) groups is 2. The quantitative estimate of drug-likeness (QED) is 0.341. The van der Waals surface area contributed by atoms with Crippen LogP contribution in [0.4, 0.5) is 28.8 Å². The zero-order chi connectivity index (χ0) is 26.5. The minimum atomic E-state index is -4.72. The fourth-order valence-electron chi connectivity index (χ4n) is 4.06. The highest BCUT2D eigenvalue weighted by Crippen LogP contribution is 2.36. The van der Waals surface area contributed by atoms with Crippen molar-refractivity contribution < 1.29 is 27.9 Å². The Labute approximate surface area is 214 Å². The summed E-state index contributed by atoms with van der Waals surface area (Å²) in [6.45, 7) is -0.0809. The maximum atomic E-state index is 13.2. The van der Waals surface area contributed by atoms with Gasteiger partial charge in [-0.3, -0.25) is 9.69 Å². The van der Waals surface area contributed by atoms with Crippen LogP contribution in [0.5, 0.6) is 0 Å². The Morgan fingerprint density at radius 1 is 1.19 bits per heavy atom. The number of nitrogens with zero attached hydrogens (tertiary/aromatic N) is 6. The first-order chi connectivity index (χ1) is 17.5. The molecule has 1 saturated heterocycles. The molecule has 4 N–H and O–H groups in total. The number of carbonyl (C=O) groups excluding carboxylic acids is 1. The third kappa shape index (κ3) is 4.86. The Morgan fingerprint density at radius 3 is 2.70 bits per heavy atom. The molecule has 16 heteroatoms. The Balaban J connectivity index is 1.35. The second-order valence-corrected chi connectivity index (χ2v) is 9.59. The molecular formula is C21H16ClF3N8O3S. The summed E-state index contributed by atoms with van der Waals surface area (Å²) in [5.74, 6) is -0.782. The number of halogens is 4. The maximum absolute atomic E-state index is 13.2. The van der Waals surface area contributed by atoms with E-state index in [1.165, 1.54) is 22.1 Å². The number of hydrogen-bond acceptors (Lipinski definition) is 8. The van der Waals surface area contributed by atoms with Crippen molar-refractivity contribution >= 4 is 56.1 Å². The van der Waals surface area contributed by atoms with Gasteiger partial charge in [0, 0.05) is 18.7 Å². The lowest BCUT2D eigenvalue weighted by Crippen LogP contribution is -2.42. The number of aromatic nitrogens is 5. The third-order valence-corrected chi connectivity index (χ3v) is 6.91. The zero-order valence-electron chi connectivity index (χ0n) is 18.5. The summed E-state index contributed by atoms with van der Waals surface area (Å²) in [7, 11) is 0. The van der Waals surface area contributed by atoms with E-state index in [9.17, 15) is 27.9 Å². The normalized spacial score (nSPS) is 17.9. The van der Waals surface area contributed by atoms with Gasteiger partial charge >= 0.3 is 12.3 Å². The summed E-state index contributed by atoms with van der Waals surface area (Å²) >= 11 is 6.84. The Morgan fingerprint density at radius 2 is 1.97 bits per heavy atom. The van der Waals surface area contributed by atoms with Crippen LogP contribution in [0.25, 0.3) is 21.7 Å². The number of likely N-dealkylation sites (tertiary alicyclic amines) is 1. The molecule has 37 heavy (non-hydrogen) atoms. The van der Waals surface area contributed by atoms with Gasteiger partial charge in [-0.25, -0.2) is 19.4 Å². The predicted octanol–water partition coefficient (Wildman–Crippen LogP) is 4.14. The second kappa shape index (κ2) is 9.15. The Kier molecular flexibility index (Phi) is 6.11. The van der Waals surface area contributed by atoms with E-state index in [2.05, 4.69) is 25.6 Å². The highest BCUT2D eigenvalue weighted by Gasteiger charge is 2.41. The molecule has 1 aliphatic heterocycles. The largest absolute Gasteiger partial charge is 0.465 e. The first kappa shape index (κ1) is 24.7. The first-order valence-corrected chi connectivity index (χ1v) is 11.8. The number of benzene rings is 1. The molecule has 3 aromatic heterocycles. The number of nitrogens with two attached hydrogens (primary N) is 1. The van der Waals surface area contributed by atoms with Crippen LogP contribution >= 0.6 is 22.9 Å². The molecule has 4 aromatic rings. The van der Waals surface area contributed by atoms with Gasteiger partial charge < -0.3 is 16.2 Å². The molecule has 4 heterocycles. The standard InChI is InChI=1S/C21H16ClF3N8O3S/c22-12-2-1-9(5-11(12)21(23,24)25)27-17(34)16-6-10(7-32(16)20(35)36)33-8-15(30-31-33)13-3-4-14-18(28-13)37-19(26)29-14/h1-5,8,10,16H,6-7H2,(H2,26,29)(H,27,34)(H,35,36). The molecule has 0 aliphatic carbocycles. The lowest BCUT2D eigenvalue weighted by molar-refractivity contribution is -0.137. The van der Waals surface area contributed by atoms with Gasteiger partial charge in [-0.05, 0) is 30.3 Å². The van der Waals surface area contributed by atoms with Gasteiger partial charge in [0.1, 0.15) is 22.1 Å². The van der Waals surface area contributed by atoms with Gasteiger partial charge in [0.25, 0.3) is 0 Å². The number of thiazole rings is 1. The summed E-state index contributed by atoms with van der Waals surface area (Å²) in [5.41, 5.74) is 6.01. The molecule has 0 radical (unpaired) electrons. The molecule has 1 aliphatic rings. The van der Waals surface area contributed by atoms with Crippen molar-refractivity contribution in [2.45, 2.75) is 24.7 Å². The monoisotopic (exact) mass is 552 g/mol. The van der Waals surface area contributed by atoms with E-state index < -0.39 is 40.8 Å². The topological polar surface area (TPSA) is 152 Å². The molecule has 2 atom stereocenters. The molecule has 0 saturated carbocycles. The predicted molar refractivity (Wildman–Crippen MR) is 128 cm³/mol. The Hall–Kier alpha value is -3.98. The number of hydrogen-bond donors (Lipinski definition) is 3. The summed E-state index contributed by atoms with van der Waals surface area (Å²) in [6.07, 6.45) is -4.47. The van der Waals surface area contributed by atoms with Crippen molar-refractivity contribution in [3.63, 3.8) is 0 Å². The number of rotatable bonds is 4. The van der Waals surface area contributed by atoms with Gasteiger partial charge in [0.15, 0.2) is 5.13 Å². The van der Waals surface area contributed by atoms with Crippen LogP contribution in [0.15, 0.2) is 36.5 Å². The van der Waals surface area contributed by atoms with Crippen LogP contribution in [-0.2, 0) is 11.0 Å². The van der Waals surface area contributed by atoms with E-state index >= 15 is 0 Å². The van der Waals surface area contributed by atoms with E-state index in [-0.39, 0.29) is 18.7 Å². The molecule has 1 aromatic carbocycles. The SMILES string of the molecule is Nc1nc2ccc(-c3cn(C4CC(C(=O)Nc5ccc(Cl)c(C(F)(F)F)c5)N(C(=O)O)C4)nn3)nc2s1. The molecular weight excluding hydrogens is 537 g/mol. The van der Waals surface area contributed by atoms with Gasteiger partial charge in [-0.2, -0.15) is 13.2 Å². The van der Waals surface area contributed by atoms with Crippen molar-refractivity contribution in [2.75, 3.05) is 17.6 Å². The summed E-state index contributed by atoms with van der Waals surface area (Å²) < 4.78 is 40.9. The lowest BCUT2D eigenvalue weighted by Gasteiger charge is -2.20.